The van der Waals surface area contributed by atoms with Crippen LogP contribution in [-0.4, -0.2) is 16.1 Å². The summed E-state index contributed by atoms with van der Waals surface area (Å²) in [5.74, 6) is -0.900. The van der Waals surface area contributed by atoms with E-state index in [1.807, 2.05) is 0 Å². The zero-order chi connectivity index (χ0) is 13.8. The third kappa shape index (κ3) is 3.52. The normalized spacial score (nSPS) is 12.3. The van der Waals surface area contributed by atoms with E-state index in [0.29, 0.717) is 16.3 Å². The van der Waals surface area contributed by atoms with Crippen molar-refractivity contribution in [2.75, 3.05) is 0 Å². The molecule has 0 saturated carbocycles. The molecule has 2 aromatic rings. The average Bonchev–Trinajstić information content (AvgIpc) is 2.85. The Balaban J connectivity index is 2.01. The van der Waals surface area contributed by atoms with Gasteiger partial charge in [-0.05, 0) is 12.1 Å². The third-order valence-electron chi connectivity index (χ3n) is 2.34. The van der Waals surface area contributed by atoms with Gasteiger partial charge in [0.1, 0.15) is 16.9 Å². The molecule has 1 heterocycles. The maximum absolute atomic E-state index is 13.4. The molecule has 0 bridgehead atoms. The van der Waals surface area contributed by atoms with Crippen LogP contribution in [0.25, 0.3) is 0 Å². The van der Waals surface area contributed by atoms with E-state index in [1.165, 1.54) is 29.2 Å². The minimum atomic E-state index is -1.11. The first-order valence-corrected chi connectivity index (χ1v) is 7.24. The van der Waals surface area contributed by atoms with E-state index >= 15 is 0 Å². The highest BCUT2D eigenvalue weighted by atomic mass is 32.2. The van der Waals surface area contributed by atoms with Gasteiger partial charge in [-0.2, -0.15) is 0 Å². The fraction of sp³-hybridized carbons (Fsp3) is 0.167. The highest BCUT2D eigenvalue weighted by Gasteiger charge is 2.17. The summed E-state index contributed by atoms with van der Waals surface area (Å²) in [6, 6.07) is 5.38. The van der Waals surface area contributed by atoms with Crippen molar-refractivity contribution in [2.24, 2.45) is 5.73 Å². The van der Waals surface area contributed by atoms with Gasteiger partial charge >= 0.3 is 5.97 Å². The minimum Gasteiger partial charge on any atom is -0.480 e. The van der Waals surface area contributed by atoms with Crippen molar-refractivity contribution in [3.63, 3.8) is 0 Å². The topological polar surface area (TPSA) is 76.2 Å². The summed E-state index contributed by atoms with van der Waals surface area (Å²) in [5.41, 5.74) is 5.80. The van der Waals surface area contributed by atoms with Crippen LogP contribution in [0.3, 0.4) is 0 Å². The lowest BCUT2D eigenvalue weighted by atomic mass is 10.2. The number of aromatic nitrogens is 1. The van der Waals surface area contributed by atoms with E-state index in [-0.39, 0.29) is 5.82 Å². The molecule has 1 aromatic heterocycles. The van der Waals surface area contributed by atoms with Gasteiger partial charge in [-0.1, -0.05) is 12.1 Å². The lowest BCUT2D eigenvalue weighted by Crippen LogP contribution is -2.20. The van der Waals surface area contributed by atoms with Crippen LogP contribution in [-0.2, 0) is 10.5 Å². The first-order chi connectivity index (χ1) is 9.08. The van der Waals surface area contributed by atoms with Crippen LogP contribution in [0.4, 0.5) is 4.39 Å². The van der Waals surface area contributed by atoms with Crippen LogP contribution in [0.5, 0.6) is 0 Å². The van der Waals surface area contributed by atoms with Gasteiger partial charge in [0.2, 0.25) is 0 Å². The Kier molecular flexibility index (Phi) is 4.52. The van der Waals surface area contributed by atoms with Crippen molar-refractivity contribution >= 4 is 29.1 Å². The van der Waals surface area contributed by atoms with Crippen molar-refractivity contribution in [1.82, 2.24) is 4.98 Å². The summed E-state index contributed by atoms with van der Waals surface area (Å²) in [6.45, 7) is 0. The zero-order valence-electron chi connectivity index (χ0n) is 9.75. The summed E-state index contributed by atoms with van der Waals surface area (Å²) in [4.78, 5) is 15.4. The molecular formula is C12H11FN2O2S2. The van der Waals surface area contributed by atoms with Gasteiger partial charge in [0.15, 0.2) is 0 Å². The number of halogens is 1. The Hall–Kier alpha value is -1.44. The van der Waals surface area contributed by atoms with Gasteiger partial charge in [0.05, 0.1) is 11.4 Å². The highest BCUT2D eigenvalue weighted by Crippen LogP contribution is 2.27. The monoisotopic (exact) mass is 298 g/mol. The first-order valence-electron chi connectivity index (χ1n) is 5.38. The Morgan fingerprint density at radius 1 is 1.53 bits per heavy atom. The number of hydrogen-bond donors (Lipinski definition) is 2. The molecule has 0 spiro atoms. The molecule has 2 rings (SSSR count). The molecule has 1 aromatic carbocycles. The minimum absolute atomic E-state index is 0.272. The molecule has 0 aliphatic heterocycles. The van der Waals surface area contributed by atoms with Gasteiger partial charge < -0.3 is 10.8 Å². The summed E-state index contributed by atoms with van der Waals surface area (Å²) in [7, 11) is 0. The summed E-state index contributed by atoms with van der Waals surface area (Å²) in [5, 5.41) is 11.1. The second-order valence-electron chi connectivity index (χ2n) is 3.70. The SMILES string of the molecule is NC(C(=O)O)c1csc(CSc2ccccc2F)n1. The highest BCUT2D eigenvalue weighted by molar-refractivity contribution is 7.98. The average molecular weight is 298 g/mol. The van der Waals surface area contributed by atoms with E-state index in [0.717, 1.165) is 5.01 Å². The van der Waals surface area contributed by atoms with Crippen molar-refractivity contribution in [3.8, 4) is 0 Å². The lowest BCUT2D eigenvalue weighted by molar-refractivity contribution is -0.138. The van der Waals surface area contributed by atoms with Crippen LogP contribution >= 0.6 is 23.1 Å². The van der Waals surface area contributed by atoms with E-state index < -0.39 is 12.0 Å². The Bertz CT molecular complexity index is 589. The molecule has 1 unspecified atom stereocenters. The number of thioether (sulfide) groups is 1. The van der Waals surface area contributed by atoms with Crippen molar-refractivity contribution in [1.29, 1.82) is 0 Å². The summed E-state index contributed by atoms with van der Waals surface area (Å²) >= 11 is 2.64. The number of aliphatic carboxylic acids is 1. The Labute approximate surface area is 117 Å². The van der Waals surface area contributed by atoms with E-state index in [4.69, 9.17) is 10.8 Å². The van der Waals surface area contributed by atoms with Crippen molar-refractivity contribution < 1.29 is 14.3 Å². The van der Waals surface area contributed by atoms with Crippen LogP contribution in [0.15, 0.2) is 34.5 Å². The molecule has 0 fully saturated rings. The number of nitrogens with zero attached hydrogens (tertiary/aromatic N) is 1. The van der Waals surface area contributed by atoms with Crippen molar-refractivity contribution in [2.45, 2.75) is 16.7 Å². The maximum Gasteiger partial charge on any atom is 0.326 e. The van der Waals surface area contributed by atoms with Crippen LogP contribution in [0, 0.1) is 5.82 Å². The molecule has 1 atom stereocenters. The number of rotatable bonds is 5. The molecule has 0 radical (unpaired) electrons. The predicted octanol–water partition coefficient (Wildman–Crippen LogP) is 2.66. The van der Waals surface area contributed by atoms with Crippen LogP contribution < -0.4 is 5.73 Å². The fourth-order valence-corrected chi connectivity index (χ4v) is 3.15. The van der Waals surface area contributed by atoms with E-state index in [9.17, 15) is 9.18 Å². The number of carbonyl (C=O) groups is 1. The lowest BCUT2D eigenvalue weighted by Gasteiger charge is -2.01. The summed E-state index contributed by atoms with van der Waals surface area (Å²) < 4.78 is 13.4. The summed E-state index contributed by atoms with van der Waals surface area (Å²) in [6.07, 6.45) is 0. The number of thiazole rings is 1. The van der Waals surface area contributed by atoms with Gasteiger partial charge in [-0.15, -0.1) is 23.1 Å². The number of carboxylic acids is 1. The molecule has 0 saturated heterocycles. The largest absolute Gasteiger partial charge is 0.480 e. The molecule has 0 amide bonds. The Morgan fingerprint density at radius 3 is 2.95 bits per heavy atom. The Morgan fingerprint density at radius 2 is 2.26 bits per heavy atom. The van der Waals surface area contributed by atoms with Gasteiger partial charge in [0, 0.05) is 10.3 Å². The number of nitrogens with two attached hydrogens (primary N) is 1. The van der Waals surface area contributed by atoms with Crippen LogP contribution in [0.1, 0.15) is 16.7 Å². The van der Waals surface area contributed by atoms with E-state index in [1.54, 1.807) is 23.6 Å². The molecule has 19 heavy (non-hydrogen) atoms. The van der Waals surface area contributed by atoms with Gasteiger partial charge in [-0.25, -0.2) is 9.37 Å². The third-order valence-corrected chi connectivity index (χ3v) is 4.45. The number of carboxylic acid groups (broad SMARTS) is 1. The van der Waals surface area contributed by atoms with E-state index in [2.05, 4.69) is 4.98 Å². The second kappa shape index (κ2) is 6.14. The molecule has 3 N–H and O–H groups in total. The standard InChI is InChI=1S/C12H11FN2O2S2/c13-7-3-1-2-4-9(7)18-6-10-15-8(5-19-10)11(14)12(16)17/h1-5,11H,6,14H2,(H,16,17). The van der Waals surface area contributed by atoms with Gasteiger partial charge in [0.25, 0.3) is 0 Å². The number of hydrogen-bond acceptors (Lipinski definition) is 5. The number of benzene rings is 1. The molecule has 0 aliphatic rings. The fourth-order valence-electron chi connectivity index (χ4n) is 1.36. The molecule has 7 heteroatoms. The smallest absolute Gasteiger partial charge is 0.326 e. The van der Waals surface area contributed by atoms with Crippen LogP contribution in [0.2, 0.25) is 0 Å². The molecule has 4 nitrogen and oxygen atoms in total. The molecule has 100 valence electrons. The quantitative estimate of drug-likeness (QED) is 0.830. The second-order valence-corrected chi connectivity index (χ2v) is 5.66. The van der Waals surface area contributed by atoms with Gasteiger partial charge in [-0.3, -0.25) is 4.79 Å². The zero-order valence-corrected chi connectivity index (χ0v) is 11.4. The first kappa shape index (κ1) is 14.0. The maximum atomic E-state index is 13.4. The molecule has 0 aliphatic carbocycles. The molecular weight excluding hydrogens is 287 g/mol. The van der Waals surface area contributed by atoms with Crippen molar-refractivity contribution in [3.05, 3.63) is 46.2 Å². The predicted molar refractivity (Wildman–Crippen MR) is 72.6 cm³/mol.